The molecule has 90 valence electrons. The van der Waals surface area contributed by atoms with Crippen LogP contribution in [0.15, 0.2) is 34.9 Å². The van der Waals surface area contributed by atoms with Crippen LogP contribution >= 0.6 is 0 Å². The van der Waals surface area contributed by atoms with E-state index in [1.165, 1.54) is 0 Å². The molecule has 4 nitrogen and oxygen atoms in total. The zero-order valence-electron chi connectivity index (χ0n) is 9.85. The van der Waals surface area contributed by atoms with Gasteiger partial charge in [0, 0.05) is 18.1 Å². The monoisotopic (exact) mass is 232 g/mol. The molecule has 2 rings (SSSR count). The smallest absolute Gasteiger partial charge is 0.138 e. The summed E-state index contributed by atoms with van der Waals surface area (Å²) in [5, 5.41) is 4.04. The minimum Gasteiger partial charge on any atom is -0.493 e. The summed E-state index contributed by atoms with van der Waals surface area (Å²) in [6.45, 7) is 3.14. The lowest BCUT2D eigenvalue weighted by atomic mass is 10.1. The lowest BCUT2D eigenvalue weighted by Crippen LogP contribution is -2.01. The van der Waals surface area contributed by atoms with Crippen molar-refractivity contribution >= 4 is 0 Å². The molecule has 2 N–H and O–H groups in total. The molecule has 0 amide bonds. The Kier molecular flexibility index (Phi) is 3.77. The summed E-state index contributed by atoms with van der Waals surface area (Å²) >= 11 is 0. The fourth-order valence-electron chi connectivity index (χ4n) is 1.66. The largest absolute Gasteiger partial charge is 0.493 e. The second kappa shape index (κ2) is 5.50. The average molecular weight is 232 g/mol. The minimum atomic E-state index is 0.557. The summed E-state index contributed by atoms with van der Waals surface area (Å²) in [6, 6.07) is 9.69. The zero-order valence-corrected chi connectivity index (χ0v) is 9.85. The summed E-state index contributed by atoms with van der Waals surface area (Å²) in [5.74, 6) is 1.62. The highest BCUT2D eigenvalue weighted by Gasteiger charge is 2.10. The van der Waals surface area contributed by atoms with Crippen molar-refractivity contribution in [2.45, 2.75) is 13.3 Å². The molecule has 0 aliphatic carbocycles. The van der Waals surface area contributed by atoms with Crippen molar-refractivity contribution in [2.24, 2.45) is 5.73 Å². The van der Waals surface area contributed by atoms with Crippen LogP contribution in [0.2, 0.25) is 0 Å². The molecule has 1 aromatic carbocycles. The van der Waals surface area contributed by atoms with Crippen LogP contribution in [0.3, 0.4) is 0 Å². The van der Waals surface area contributed by atoms with E-state index in [0.29, 0.717) is 19.6 Å². The molecule has 0 spiro atoms. The summed E-state index contributed by atoms with van der Waals surface area (Å²) in [4.78, 5) is 0. The molecule has 1 aromatic heterocycles. The van der Waals surface area contributed by atoms with Gasteiger partial charge in [0.2, 0.25) is 0 Å². The van der Waals surface area contributed by atoms with E-state index in [1.54, 1.807) is 0 Å². The Balaban J connectivity index is 2.31. The molecule has 0 radical (unpaired) electrons. The third kappa shape index (κ3) is 2.65. The Labute approximate surface area is 100 Å². The first-order chi connectivity index (χ1) is 8.35. The maximum absolute atomic E-state index is 5.55. The van der Waals surface area contributed by atoms with Crippen LogP contribution in [0.4, 0.5) is 0 Å². The minimum absolute atomic E-state index is 0.557. The van der Waals surface area contributed by atoms with Crippen LogP contribution in [0.25, 0.3) is 11.3 Å². The highest BCUT2D eigenvalue weighted by Crippen LogP contribution is 2.29. The van der Waals surface area contributed by atoms with Crippen LogP contribution in [-0.4, -0.2) is 18.3 Å². The fraction of sp³-hybridized carbons (Fsp3) is 0.308. The third-order valence-electron chi connectivity index (χ3n) is 2.41. The van der Waals surface area contributed by atoms with Crippen molar-refractivity contribution in [3.05, 3.63) is 36.1 Å². The number of nitrogens with zero attached hydrogens (tertiary/aromatic N) is 1. The summed E-state index contributed by atoms with van der Waals surface area (Å²) in [6.07, 6.45) is 0.698. The Morgan fingerprint density at radius 1 is 1.35 bits per heavy atom. The van der Waals surface area contributed by atoms with E-state index in [-0.39, 0.29) is 0 Å². The van der Waals surface area contributed by atoms with Crippen molar-refractivity contribution < 1.29 is 9.26 Å². The molecule has 0 unspecified atom stereocenters. The van der Waals surface area contributed by atoms with Crippen LogP contribution in [0.5, 0.6) is 5.75 Å². The number of hydrogen-bond acceptors (Lipinski definition) is 4. The zero-order chi connectivity index (χ0) is 12.1. The predicted molar refractivity (Wildman–Crippen MR) is 65.9 cm³/mol. The molecule has 4 heteroatoms. The Hall–Kier alpha value is -1.81. The standard InChI is InChI=1S/C13H16N2O2/c1-2-16-13-6-4-3-5-11(13)12-9-10(7-8-14)17-15-12/h3-6,9H,2,7-8,14H2,1H3. The van der Waals surface area contributed by atoms with Gasteiger partial charge < -0.3 is 15.0 Å². The third-order valence-corrected chi connectivity index (χ3v) is 2.41. The van der Waals surface area contributed by atoms with Crippen molar-refractivity contribution in [1.29, 1.82) is 0 Å². The van der Waals surface area contributed by atoms with E-state index >= 15 is 0 Å². The van der Waals surface area contributed by atoms with Crippen molar-refractivity contribution in [3.63, 3.8) is 0 Å². The van der Waals surface area contributed by atoms with Gasteiger partial charge in [-0.3, -0.25) is 0 Å². The van der Waals surface area contributed by atoms with Gasteiger partial charge in [0.15, 0.2) is 0 Å². The Morgan fingerprint density at radius 2 is 2.18 bits per heavy atom. The van der Waals surface area contributed by atoms with Crippen LogP contribution in [-0.2, 0) is 6.42 Å². The molecular weight excluding hydrogens is 216 g/mol. The van der Waals surface area contributed by atoms with Crippen molar-refractivity contribution in [3.8, 4) is 17.0 Å². The lowest BCUT2D eigenvalue weighted by Gasteiger charge is -2.06. The molecule has 0 saturated carbocycles. The van der Waals surface area contributed by atoms with Gasteiger partial charge in [0.25, 0.3) is 0 Å². The molecule has 0 aliphatic heterocycles. The first-order valence-corrected chi connectivity index (χ1v) is 5.73. The number of hydrogen-bond donors (Lipinski definition) is 1. The van der Waals surface area contributed by atoms with Crippen LogP contribution < -0.4 is 10.5 Å². The molecular formula is C13H16N2O2. The molecule has 2 aromatic rings. The molecule has 0 fully saturated rings. The van der Waals surface area contributed by atoms with Gasteiger partial charge in [-0.15, -0.1) is 0 Å². The summed E-state index contributed by atoms with van der Waals surface area (Å²) in [5.41, 5.74) is 7.21. The average Bonchev–Trinajstić information content (AvgIpc) is 2.79. The number of nitrogens with two attached hydrogens (primary N) is 1. The fourth-order valence-corrected chi connectivity index (χ4v) is 1.66. The van der Waals surface area contributed by atoms with Gasteiger partial charge in [-0.2, -0.15) is 0 Å². The maximum atomic E-state index is 5.55. The first-order valence-electron chi connectivity index (χ1n) is 5.73. The second-order valence-corrected chi connectivity index (χ2v) is 3.65. The topological polar surface area (TPSA) is 61.3 Å². The predicted octanol–water partition coefficient (Wildman–Crippen LogP) is 2.24. The molecule has 0 aliphatic rings. The highest BCUT2D eigenvalue weighted by atomic mass is 16.5. The van der Waals surface area contributed by atoms with E-state index in [1.807, 2.05) is 37.3 Å². The van der Waals surface area contributed by atoms with E-state index in [4.69, 9.17) is 15.0 Å². The molecule has 0 saturated heterocycles. The maximum Gasteiger partial charge on any atom is 0.138 e. The highest BCUT2D eigenvalue weighted by molar-refractivity contribution is 5.66. The SMILES string of the molecule is CCOc1ccccc1-c1cc(CCN)on1. The molecule has 1 heterocycles. The van der Waals surface area contributed by atoms with E-state index in [9.17, 15) is 0 Å². The van der Waals surface area contributed by atoms with Crippen LogP contribution in [0, 0.1) is 0 Å². The van der Waals surface area contributed by atoms with Gasteiger partial charge >= 0.3 is 0 Å². The van der Waals surface area contributed by atoms with Gasteiger partial charge in [-0.1, -0.05) is 17.3 Å². The number of ether oxygens (including phenoxy) is 1. The number of aromatic nitrogens is 1. The number of benzene rings is 1. The van der Waals surface area contributed by atoms with E-state index in [0.717, 1.165) is 22.8 Å². The van der Waals surface area contributed by atoms with Crippen molar-refractivity contribution in [1.82, 2.24) is 5.16 Å². The summed E-state index contributed by atoms with van der Waals surface area (Å²) < 4.78 is 10.8. The lowest BCUT2D eigenvalue weighted by molar-refractivity contribution is 0.341. The molecule has 0 atom stereocenters. The van der Waals surface area contributed by atoms with E-state index < -0.39 is 0 Å². The normalized spacial score (nSPS) is 10.5. The van der Waals surface area contributed by atoms with Gasteiger partial charge in [0.1, 0.15) is 17.2 Å². The van der Waals surface area contributed by atoms with E-state index in [2.05, 4.69) is 5.16 Å². The number of rotatable bonds is 5. The Bertz CT molecular complexity index is 480. The Morgan fingerprint density at radius 3 is 2.94 bits per heavy atom. The number of para-hydroxylation sites is 1. The van der Waals surface area contributed by atoms with Crippen molar-refractivity contribution in [2.75, 3.05) is 13.2 Å². The molecule has 0 bridgehead atoms. The van der Waals surface area contributed by atoms with Gasteiger partial charge in [0.05, 0.1) is 6.61 Å². The first kappa shape index (κ1) is 11.7. The van der Waals surface area contributed by atoms with Gasteiger partial charge in [-0.25, -0.2) is 0 Å². The quantitative estimate of drug-likeness (QED) is 0.858. The second-order valence-electron chi connectivity index (χ2n) is 3.65. The summed E-state index contributed by atoms with van der Waals surface area (Å²) in [7, 11) is 0. The molecule has 17 heavy (non-hydrogen) atoms. The van der Waals surface area contributed by atoms with Crippen LogP contribution in [0.1, 0.15) is 12.7 Å². The van der Waals surface area contributed by atoms with Gasteiger partial charge in [-0.05, 0) is 25.6 Å².